The van der Waals surface area contributed by atoms with E-state index < -0.39 is 15.9 Å². The van der Waals surface area contributed by atoms with Gasteiger partial charge in [-0.15, -0.1) is 0 Å². The lowest BCUT2D eigenvalue weighted by atomic mass is 9.96. The molecule has 2 aromatic rings. The van der Waals surface area contributed by atoms with Crippen LogP contribution in [0, 0.1) is 6.92 Å². The minimum Gasteiger partial charge on any atom is -0.466 e. The number of hydrogen-bond acceptors (Lipinski definition) is 8. The summed E-state index contributed by atoms with van der Waals surface area (Å²) in [6, 6.07) is 13.0. The van der Waals surface area contributed by atoms with Crippen molar-refractivity contribution in [3.63, 3.8) is 0 Å². The average molecular weight is 590 g/mol. The Hall–Kier alpha value is -4.35. The highest BCUT2D eigenvalue weighted by Crippen LogP contribution is 2.37. The van der Waals surface area contributed by atoms with Gasteiger partial charge in [0.05, 0.1) is 21.9 Å². The molecular weight excluding hydrogens is 562 g/mol. The zero-order chi connectivity index (χ0) is 28.8. The second kappa shape index (κ2) is 12.4. The molecule has 9 nitrogen and oxygen atoms in total. The molecule has 1 saturated heterocycles. The summed E-state index contributed by atoms with van der Waals surface area (Å²) in [4.78, 5) is 30.5. The number of carbonyl (C=O) groups excluding carboxylic acids is 2. The number of sulfonamides is 1. The highest BCUT2D eigenvalue weighted by molar-refractivity contribution is 8.18. The Labute approximate surface area is 242 Å². The zero-order valence-electron chi connectivity index (χ0n) is 22.1. The van der Waals surface area contributed by atoms with Crippen molar-refractivity contribution < 1.29 is 27.5 Å². The Morgan fingerprint density at radius 1 is 1.07 bits per heavy atom. The van der Waals surface area contributed by atoms with Crippen LogP contribution in [-0.2, 0) is 35.5 Å². The smallest absolute Gasteiger partial charge is 0.264 e. The average Bonchev–Trinajstić information content (AvgIpc) is 3.33. The molecule has 0 saturated carbocycles. The normalized spacial score (nSPS) is 18.7. The summed E-state index contributed by atoms with van der Waals surface area (Å²) in [6.45, 7) is 1.85. The maximum absolute atomic E-state index is 13.0. The molecule has 2 aromatic carbocycles. The molecule has 11 heteroatoms. The molecule has 2 amide bonds. The van der Waals surface area contributed by atoms with Crippen LogP contribution < -0.4 is 10.0 Å². The third-order valence-electron chi connectivity index (χ3n) is 6.32. The summed E-state index contributed by atoms with van der Waals surface area (Å²) in [6.07, 6.45) is 12.7. The van der Waals surface area contributed by atoms with Crippen molar-refractivity contribution >= 4 is 44.5 Å². The van der Waals surface area contributed by atoms with Crippen LogP contribution in [0.25, 0.3) is 0 Å². The van der Waals surface area contributed by atoms with Gasteiger partial charge in [-0.25, -0.2) is 18.1 Å². The van der Waals surface area contributed by atoms with E-state index in [1.54, 1.807) is 36.4 Å². The zero-order valence-corrected chi connectivity index (χ0v) is 23.8. The number of amides is 2. The van der Waals surface area contributed by atoms with Gasteiger partial charge in [-0.05, 0) is 67.8 Å². The molecule has 0 radical (unpaired) electrons. The van der Waals surface area contributed by atoms with E-state index >= 15 is 0 Å². The lowest BCUT2D eigenvalue weighted by Crippen LogP contribution is -2.31. The first-order chi connectivity index (χ1) is 19.8. The van der Waals surface area contributed by atoms with Gasteiger partial charge in [0.15, 0.2) is 10.9 Å². The molecule has 0 unspecified atom stereocenters. The van der Waals surface area contributed by atoms with Crippen molar-refractivity contribution in [2.45, 2.75) is 37.5 Å². The molecule has 3 aliphatic rings. The molecular formula is C30H27N3O6S2. The first-order valence-electron chi connectivity index (χ1n) is 12.8. The Bertz CT molecular complexity index is 1650. The van der Waals surface area contributed by atoms with E-state index in [-0.39, 0.29) is 17.2 Å². The number of nitrogens with one attached hydrogen (secondary N) is 2. The van der Waals surface area contributed by atoms with Crippen LogP contribution in [0.15, 0.2) is 117 Å². The van der Waals surface area contributed by atoms with Gasteiger partial charge in [0.2, 0.25) is 5.91 Å². The molecule has 210 valence electrons. The summed E-state index contributed by atoms with van der Waals surface area (Å²) in [5.41, 5.74) is 3.98. The number of nitrogens with zero attached hydrogens (tertiary/aromatic N) is 1. The van der Waals surface area contributed by atoms with E-state index in [9.17, 15) is 18.0 Å². The fraction of sp³-hybridized carbons (Fsp3) is 0.167. The van der Waals surface area contributed by atoms with Gasteiger partial charge in [-0.1, -0.05) is 53.6 Å². The van der Waals surface area contributed by atoms with Gasteiger partial charge in [-0.2, -0.15) is 0 Å². The number of amidine groups is 1. The lowest BCUT2D eigenvalue weighted by molar-refractivity contribution is -0.118. The summed E-state index contributed by atoms with van der Waals surface area (Å²) in [7, 11) is -3.96. The fourth-order valence-electron chi connectivity index (χ4n) is 4.24. The van der Waals surface area contributed by atoms with Crippen molar-refractivity contribution in [2.75, 3.05) is 0 Å². The van der Waals surface area contributed by atoms with Crippen LogP contribution in [0.5, 0.6) is 0 Å². The van der Waals surface area contributed by atoms with Gasteiger partial charge < -0.3 is 14.8 Å². The van der Waals surface area contributed by atoms with E-state index in [0.717, 1.165) is 18.4 Å². The number of aliphatic imine (C=N–C) groups is 1. The monoisotopic (exact) mass is 589 g/mol. The highest BCUT2D eigenvalue weighted by atomic mass is 32.2. The summed E-state index contributed by atoms with van der Waals surface area (Å²) in [5, 5.41) is 3.22. The third kappa shape index (κ3) is 7.24. The quantitative estimate of drug-likeness (QED) is 0.407. The molecule has 2 aliphatic heterocycles. The van der Waals surface area contributed by atoms with E-state index in [0.29, 0.717) is 39.1 Å². The predicted octanol–water partition coefficient (Wildman–Crippen LogP) is 5.17. The molecule has 1 aliphatic carbocycles. The van der Waals surface area contributed by atoms with Gasteiger partial charge in [-0.3, -0.25) is 9.59 Å². The minimum absolute atomic E-state index is 0.0259. The van der Waals surface area contributed by atoms with Crippen molar-refractivity contribution in [1.82, 2.24) is 10.0 Å². The van der Waals surface area contributed by atoms with Gasteiger partial charge in [0.25, 0.3) is 15.9 Å². The Balaban J connectivity index is 1.27. The molecule has 1 fully saturated rings. The van der Waals surface area contributed by atoms with Crippen molar-refractivity contribution in [2.24, 2.45) is 4.99 Å². The summed E-state index contributed by atoms with van der Waals surface area (Å²) >= 11 is 1.22. The largest absolute Gasteiger partial charge is 0.466 e. The standard InChI is InChI=1S/C30H27N3O6S2/c1-20-7-13-24(14-8-20)41(36,37)33-27(34)18-22-9-11-23(12-10-22)31-30-32-29(35)28(40-30)25(26-19-38-15-16-39-26)17-21-5-3-2-4-6-21/h2-3,5,7-16,19H,4,6,17-18H2,1H3,(H,33,34)(H,31,32,35). The Morgan fingerprint density at radius 3 is 2.54 bits per heavy atom. The number of aryl methyl sites for hydroxylation is 1. The van der Waals surface area contributed by atoms with Crippen LogP contribution in [0.2, 0.25) is 0 Å². The second-order valence-corrected chi connectivity index (χ2v) is 12.1. The van der Waals surface area contributed by atoms with E-state index in [2.05, 4.69) is 27.2 Å². The molecule has 2 heterocycles. The molecule has 2 N–H and O–H groups in total. The van der Waals surface area contributed by atoms with Gasteiger partial charge >= 0.3 is 0 Å². The molecule has 0 spiro atoms. The first-order valence-corrected chi connectivity index (χ1v) is 15.1. The van der Waals surface area contributed by atoms with Crippen molar-refractivity contribution in [1.29, 1.82) is 0 Å². The molecule has 41 heavy (non-hydrogen) atoms. The Morgan fingerprint density at radius 2 is 1.85 bits per heavy atom. The maximum Gasteiger partial charge on any atom is 0.264 e. The van der Waals surface area contributed by atoms with Crippen molar-refractivity contribution in [3.05, 3.63) is 118 Å². The van der Waals surface area contributed by atoms with Gasteiger partial charge in [0.1, 0.15) is 18.8 Å². The second-order valence-electron chi connectivity index (χ2n) is 9.44. The van der Waals surface area contributed by atoms with Crippen LogP contribution in [-0.4, -0.2) is 25.4 Å². The maximum atomic E-state index is 13.0. The minimum atomic E-state index is -3.96. The molecule has 0 bridgehead atoms. The topological polar surface area (TPSA) is 123 Å². The predicted molar refractivity (Wildman–Crippen MR) is 157 cm³/mol. The summed E-state index contributed by atoms with van der Waals surface area (Å²) < 4.78 is 38.0. The van der Waals surface area contributed by atoms with Gasteiger partial charge in [0, 0.05) is 5.57 Å². The number of ether oxygens (including phenoxy) is 2. The van der Waals surface area contributed by atoms with E-state index in [1.807, 2.05) is 13.0 Å². The van der Waals surface area contributed by atoms with Crippen LogP contribution in [0.4, 0.5) is 5.69 Å². The van der Waals surface area contributed by atoms with E-state index in [4.69, 9.17) is 9.47 Å². The summed E-state index contributed by atoms with van der Waals surface area (Å²) in [5.74, 6) is -0.459. The number of hydrogen-bond donors (Lipinski definition) is 2. The molecule has 0 atom stereocenters. The van der Waals surface area contributed by atoms with Crippen LogP contribution in [0.1, 0.15) is 30.4 Å². The highest BCUT2D eigenvalue weighted by Gasteiger charge is 2.30. The number of allylic oxidation sites excluding steroid dienone is 5. The molecule has 0 aromatic heterocycles. The fourth-order valence-corrected chi connectivity index (χ4v) is 6.15. The first kappa shape index (κ1) is 28.2. The number of rotatable bonds is 8. The molecule has 5 rings (SSSR count). The third-order valence-corrected chi connectivity index (χ3v) is 8.73. The number of benzene rings is 2. The lowest BCUT2D eigenvalue weighted by Gasteiger charge is -2.17. The van der Waals surface area contributed by atoms with Crippen molar-refractivity contribution in [3.8, 4) is 0 Å². The van der Waals surface area contributed by atoms with E-state index in [1.165, 1.54) is 48.3 Å². The van der Waals surface area contributed by atoms with Crippen LogP contribution in [0.3, 0.4) is 0 Å². The Kier molecular flexibility index (Phi) is 8.55. The van der Waals surface area contributed by atoms with Crippen LogP contribution >= 0.6 is 11.8 Å². The number of carbonyl (C=O) groups is 2. The number of thioether (sulfide) groups is 1. The SMILES string of the molecule is Cc1ccc(S(=O)(=O)NC(=O)Cc2ccc(N=C3NC(=O)C(=C(CC4=CC=CCC4)C4=COC=CO4)S3)cc2)cc1.